The third-order valence-electron chi connectivity index (χ3n) is 2.96. The van der Waals surface area contributed by atoms with Crippen LogP contribution in [0.15, 0.2) is 36.0 Å². The molecule has 7 heteroatoms. The van der Waals surface area contributed by atoms with Crippen molar-refractivity contribution in [2.75, 3.05) is 11.9 Å². The zero-order valence-electron chi connectivity index (χ0n) is 12.5. The molecule has 1 aromatic carbocycles. The summed E-state index contributed by atoms with van der Waals surface area (Å²) in [4.78, 5) is 22.1. The van der Waals surface area contributed by atoms with Gasteiger partial charge in [-0.3, -0.25) is 9.59 Å². The minimum atomic E-state index is -0.844. The zero-order valence-corrected chi connectivity index (χ0v) is 12.5. The molecule has 0 spiro atoms. The predicted molar refractivity (Wildman–Crippen MR) is 82.8 cm³/mol. The quantitative estimate of drug-likeness (QED) is 0.368. The van der Waals surface area contributed by atoms with E-state index in [1.54, 1.807) is 12.1 Å². The molecule has 1 rings (SSSR count). The lowest BCUT2D eigenvalue weighted by Gasteiger charge is -2.05. The number of unbranched alkanes of at least 4 members (excludes halogenated alkanes) is 2. The van der Waals surface area contributed by atoms with E-state index in [1.165, 1.54) is 18.2 Å². The van der Waals surface area contributed by atoms with E-state index in [1.807, 2.05) is 0 Å². The van der Waals surface area contributed by atoms with E-state index in [0.717, 1.165) is 6.20 Å². The second-order valence-electron chi connectivity index (χ2n) is 4.75. The first-order valence-electron chi connectivity index (χ1n) is 7.16. The van der Waals surface area contributed by atoms with Crippen LogP contribution in [0.2, 0.25) is 0 Å². The number of hydrogen-bond acceptors (Lipinski definition) is 4. The van der Waals surface area contributed by atoms with Gasteiger partial charge >= 0.3 is 5.97 Å². The molecule has 0 aromatic heterocycles. The Morgan fingerprint density at radius 3 is 2.65 bits per heavy atom. The first-order chi connectivity index (χ1) is 11.0. The van der Waals surface area contributed by atoms with Crippen LogP contribution in [-0.2, 0) is 9.59 Å². The molecule has 0 aliphatic carbocycles. The average Bonchev–Trinajstić information content (AvgIpc) is 2.52. The number of benzene rings is 1. The number of hydrogen-bond donors (Lipinski definition) is 3. The number of carboxylic acids is 1. The number of carbonyl (C=O) groups excluding carboxylic acids is 1. The summed E-state index contributed by atoms with van der Waals surface area (Å²) < 4.78 is 13.4. The van der Waals surface area contributed by atoms with Crippen molar-refractivity contribution < 1.29 is 19.1 Å². The highest BCUT2D eigenvalue weighted by Crippen LogP contribution is 2.12. The van der Waals surface area contributed by atoms with Crippen LogP contribution in [-0.4, -0.2) is 23.5 Å². The lowest BCUT2D eigenvalue weighted by molar-refractivity contribution is -0.137. The van der Waals surface area contributed by atoms with E-state index in [4.69, 9.17) is 10.4 Å². The van der Waals surface area contributed by atoms with Crippen LogP contribution in [0.1, 0.15) is 25.7 Å². The van der Waals surface area contributed by atoms with Crippen molar-refractivity contribution in [1.29, 1.82) is 5.26 Å². The molecule has 0 radical (unpaired) electrons. The summed E-state index contributed by atoms with van der Waals surface area (Å²) >= 11 is 0. The molecule has 0 aliphatic heterocycles. The molecule has 0 bridgehead atoms. The standard InChI is InChI=1S/C16H18FN3O3/c17-13-6-3-4-7-14(13)20-11-12(10-18)16(23)19-9-5-1-2-8-15(21)22/h3-4,6-7,11,20H,1-2,5,8-9H2,(H,19,23)(H,21,22)/b12-11-. The van der Waals surface area contributed by atoms with Gasteiger partial charge in [-0.15, -0.1) is 0 Å². The topological polar surface area (TPSA) is 102 Å². The minimum Gasteiger partial charge on any atom is -0.481 e. The van der Waals surface area contributed by atoms with Gasteiger partial charge in [0.05, 0.1) is 5.69 Å². The summed E-state index contributed by atoms with van der Waals surface area (Å²) in [5.41, 5.74) is 0.000472. The molecule has 0 fully saturated rings. The average molecular weight is 319 g/mol. The summed E-state index contributed by atoms with van der Waals surface area (Å²) in [6, 6.07) is 7.66. The number of anilines is 1. The number of aliphatic carboxylic acids is 1. The lowest BCUT2D eigenvalue weighted by atomic mass is 10.2. The first kappa shape index (κ1) is 18.2. The van der Waals surface area contributed by atoms with E-state index in [9.17, 15) is 14.0 Å². The number of nitriles is 1. The molecule has 122 valence electrons. The molecule has 1 amide bonds. The van der Waals surface area contributed by atoms with E-state index >= 15 is 0 Å². The molecule has 3 N–H and O–H groups in total. The fourth-order valence-corrected chi connectivity index (χ4v) is 1.75. The Morgan fingerprint density at radius 2 is 2.00 bits per heavy atom. The molecule has 0 saturated heterocycles. The van der Waals surface area contributed by atoms with Crippen LogP contribution in [0, 0.1) is 17.1 Å². The Bertz CT molecular complexity index is 623. The van der Waals surface area contributed by atoms with Crippen molar-refractivity contribution in [3.8, 4) is 6.07 Å². The van der Waals surface area contributed by atoms with E-state index in [0.29, 0.717) is 25.8 Å². The number of rotatable bonds is 9. The smallest absolute Gasteiger partial charge is 0.303 e. The van der Waals surface area contributed by atoms with Crippen molar-refractivity contribution in [2.24, 2.45) is 0 Å². The van der Waals surface area contributed by atoms with Gasteiger partial charge in [0.15, 0.2) is 0 Å². The van der Waals surface area contributed by atoms with Gasteiger partial charge in [-0.25, -0.2) is 4.39 Å². The van der Waals surface area contributed by atoms with Gasteiger partial charge in [0.2, 0.25) is 0 Å². The number of amides is 1. The Morgan fingerprint density at radius 1 is 1.26 bits per heavy atom. The Kier molecular flexibility index (Phi) is 7.86. The van der Waals surface area contributed by atoms with Crippen LogP contribution >= 0.6 is 0 Å². The van der Waals surface area contributed by atoms with Crippen LogP contribution < -0.4 is 10.6 Å². The zero-order chi connectivity index (χ0) is 17.1. The first-order valence-corrected chi connectivity index (χ1v) is 7.16. The highest BCUT2D eigenvalue weighted by atomic mass is 19.1. The number of carbonyl (C=O) groups is 2. The lowest BCUT2D eigenvalue weighted by Crippen LogP contribution is -2.26. The highest BCUT2D eigenvalue weighted by molar-refractivity contribution is 5.97. The minimum absolute atomic E-state index is 0.101. The Hall–Kier alpha value is -2.88. The normalized spacial score (nSPS) is 10.7. The third-order valence-corrected chi connectivity index (χ3v) is 2.96. The maximum Gasteiger partial charge on any atom is 0.303 e. The summed E-state index contributed by atoms with van der Waals surface area (Å²) in [5.74, 6) is -1.89. The molecule has 0 unspecified atom stereocenters. The maximum absolute atomic E-state index is 13.4. The van der Waals surface area contributed by atoms with Gasteiger partial charge in [-0.05, 0) is 25.0 Å². The molecule has 0 aliphatic rings. The van der Waals surface area contributed by atoms with E-state index in [2.05, 4.69) is 10.6 Å². The molecule has 1 aromatic rings. The van der Waals surface area contributed by atoms with Crippen molar-refractivity contribution in [2.45, 2.75) is 25.7 Å². The second-order valence-corrected chi connectivity index (χ2v) is 4.75. The van der Waals surface area contributed by atoms with E-state index in [-0.39, 0.29) is 17.7 Å². The van der Waals surface area contributed by atoms with Gasteiger partial charge in [-0.1, -0.05) is 18.6 Å². The molecule has 6 nitrogen and oxygen atoms in total. The van der Waals surface area contributed by atoms with Crippen LogP contribution in [0.4, 0.5) is 10.1 Å². The number of para-hydroxylation sites is 1. The number of nitrogens with zero attached hydrogens (tertiary/aromatic N) is 1. The van der Waals surface area contributed by atoms with Crippen molar-refractivity contribution in [3.63, 3.8) is 0 Å². The van der Waals surface area contributed by atoms with E-state index < -0.39 is 17.7 Å². The van der Waals surface area contributed by atoms with Crippen LogP contribution in [0.3, 0.4) is 0 Å². The predicted octanol–water partition coefficient (Wildman–Crippen LogP) is 2.41. The molecular weight excluding hydrogens is 301 g/mol. The van der Waals surface area contributed by atoms with Crippen LogP contribution in [0.25, 0.3) is 0 Å². The number of nitrogens with one attached hydrogen (secondary N) is 2. The Labute approximate surface area is 133 Å². The SMILES string of the molecule is N#C/C(=C/Nc1ccccc1F)C(=O)NCCCCCC(=O)O. The Balaban J connectivity index is 2.40. The maximum atomic E-state index is 13.4. The van der Waals surface area contributed by atoms with Gasteiger partial charge in [0, 0.05) is 19.2 Å². The summed E-state index contributed by atoms with van der Waals surface area (Å²) in [6.45, 7) is 0.344. The second kappa shape index (κ2) is 9.95. The van der Waals surface area contributed by atoms with Crippen molar-refractivity contribution in [1.82, 2.24) is 5.32 Å². The third kappa shape index (κ3) is 7.09. The molecule has 23 heavy (non-hydrogen) atoms. The molecule has 0 atom stereocenters. The molecule has 0 heterocycles. The molecule has 0 saturated carbocycles. The van der Waals surface area contributed by atoms with Gasteiger partial charge in [-0.2, -0.15) is 5.26 Å². The van der Waals surface area contributed by atoms with Gasteiger partial charge < -0.3 is 15.7 Å². The van der Waals surface area contributed by atoms with Crippen molar-refractivity contribution in [3.05, 3.63) is 41.9 Å². The number of halogens is 1. The highest BCUT2D eigenvalue weighted by Gasteiger charge is 2.08. The van der Waals surface area contributed by atoms with Gasteiger partial charge in [0.25, 0.3) is 5.91 Å². The summed E-state index contributed by atoms with van der Waals surface area (Å²) in [5, 5.41) is 22.6. The van der Waals surface area contributed by atoms with Gasteiger partial charge in [0.1, 0.15) is 17.5 Å². The summed E-state index contributed by atoms with van der Waals surface area (Å²) in [6.07, 6.45) is 3.09. The van der Waals surface area contributed by atoms with Crippen LogP contribution in [0.5, 0.6) is 0 Å². The summed E-state index contributed by atoms with van der Waals surface area (Å²) in [7, 11) is 0. The fraction of sp³-hybridized carbons (Fsp3) is 0.312. The van der Waals surface area contributed by atoms with Crippen molar-refractivity contribution >= 4 is 17.6 Å². The fourth-order valence-electron chi connectivity index (χ4n) is 1.75. The number of carboxylic acid groups (broad SMARTS) is 1. The monoisotopic (exact) mass is 319 g/mol. The largest absolute Gasteiger partial charge is 0.481 e. The molecular formula is C16H18FN3O3.